The number of anilines is 2. The minimum absolute atomic E-state index is 0.207. The summed E-state index contributed by atoms with van der Waals surface area (Å²) in [6, 6.07) is 2.14. The highest BCUT2D eigenvalue weighted by molar-refractivity contribution is 7.10. The van der Waals surface area contributed by atoms with Gasteiger partial charge in [0.1, 0.15) is 5.82 Å². The number of nitrogens with zero attached hydrogens (tertiary/aromatic N) is 3. The van der Waals surface area contributed by atoms with Crippen LogP contribution in [0, 0.1) is 6.92 Å². The first-order valence-corrected chi connectivity index (χ1v) is 8.72. The van der Waals surface area contributed by atoms with Gasteiger partial charge in [0.15, 0.2) is 0 Å². The Balaban J connectivity index is 2.01. The smallest absolute Gasteiger partial charge is 0.234 e. The first-order valence-electron chi connectivity index (χ1n) is 7.46. The Morgan fingerprint density at radius 3 is 2.70 bits per heavy atom. The van der Waals surface area contributed by atoms with Crippen molar-refractivity contribution in [1.29, 1.82) is 0 Å². The number of hydrogen-bond acceptors (Lipinski definition) is 6. The SMILES string of the molecule is CCC(CCc1sccc1Cl)Nc1nc(C)nc(NC(C)=O)n1. The maximum atomic E-state index is 11.1. The molecule has 0 bridgehead atoms. The minimum Gasteiger partial charge on any atom is -0.351 e. The Morgan fingerprint density at radius 2 is 2.09 bits per heavy atom. The highest BCUT2D eigenvalue weighted by atomic mass is 35.5. The van der Waals surface area contributed by atoms with E-state index in [1.807, 2.05) is 11.4 Å². The van der Waals surface area contributed by atoms with Crippen LogP contribution in [0.4, 0.5) is 11.9 Å². The first kappa shape index (κ1) is 17.6. The van der Waals surface area contributed by atoms with Gasteiger partial charge in [0.2, 0.25) is 17.8 Å². The molecule has 1 unspecified atom stereocenters. The summed E-state index contributed by atoms with van der Waals surface area (Å²) >= 11 is 7.81. The number of aromatic nitrogens is 3. The number of thiophene rings is 1. The van der Waals surface area contributed by atoms with Gasteiger partial charge in [-0.05, 0) is 37.6 Å². The molecule has 0 aliphatic heterocycles. The number of carbonyl (C=O) groups is 1. The van der Waals surface area contributed by atoms with E-state index in [0.29, 0.717) is 11.8 Å². The lowest BCUT2D eigenvalue weighted by Crippen LogP contribution is -2.22. The molecule has 0 saturated heterocycles. The van der Waals surface area contributed by atoms with Crippen molar-refractivity contribution in [1.82, 2.24) is 15.0 Å². The third kappa shape index (κ3) is 5.44. The van der Waals surface area contributed by atoms with Gasteiger partial charge in [-0.2, -0.15) is 15.0 Å². The van der Waals surface area contributed by atoms with Crippen molar-refractivity contribution in [3.8, 4) is 0 Å². The third-order valence-corrected chi connectivity index (χ3v) is 4.72. The summed E-state index contributed by atoms with van der Waals surface area (Å²) in [7, 11) is 0. The van der Waals surface area contributed by atoms with Crippen LogP contribution in [0.1, 0.15) is 37.4 Å². The van der Waals surface area contributed by atoms with E-state index in [-0.39, 0.29) is 17.9 Å². The standard InChI is InChI=1S/C15H20ClN5OS/c1-4-11(5-6-13-12(16)7-8-23-13)20-15-18-9(2)17-14(21-15)19-10(3)22/h7-8,11H,4-6H2,1-3H3,(H2,17,18,19,20,21,22). The molecule has 2 rings (SSSR count). The highest BCUT2D eigenvalue weighted by Gasteiger charge is 2.12. The first-order chi connectivity index (χ1) is 11.0. The van der Waals surface area contributed by atoms with E-state index in [0.717, 1.165) is 24.3 Å². The molecule has 23 heavy (non-hydrogen) atoms. The molecule has 8 heteroatoms. The average Bonchev–Trinajstić information content (AvgIpc) is 2.87. The number of amides is 1. The van der Waals surface area contributed by atoms with Crippen LogP contribution in [0.2, 0.25) is 5.02 Å². The van der Waals surface area contributed by atoms with Crippen molar-refractivity contribution >= 4 is 40.7 Å². The zero-order chi connectivity index (χ0) is 16.8. The summed E-state index contributed by atoms with van der Waals surface area (Å²) in [5, 5.41) is 8.72. The lowest BCUT2D eigenvalue weighted by Gasteiger charge is -2.17. The lowest BCUT2D eigenvalue weighted by atomic mass is 10.1. The number of aryl methyl sites for hydroxylation is 2. The van der Waals surface area contributed by atoms with Crippen LogP contribution in [0.15, 0.2) is 11.4 Å². The fraction of sp³-hybridized carbons (Fsp3) is 0.467. The molecule has 0 aliphatic carbocycles. The summed E-state index contributed by atoms with van der Waals surface area (Å²) in [6.45, 7) is 5.30. The number of rotatable bonds is 7. The van der Waals surface area contributed by atoms with Crippen LogP contribution in [0.5, 0.6) is 0 Å². The van der Waals surface area contributed by atoms with Crippen molar-refractivity contribution in [3.05, 3.63) is 27.2 Å². The monoisotopic (exact) mass is 353 g/mol. The second kappa shape index (κ2) is 8.21. The Hall–Kier alpha value is -1.73. The number of hydrogen-bond donors (Lipinski definition) is 2. The van der Waals surface area contributed by atoms with Gasteiger partial charge in [0.25, 0.3) is 0 Å². The molecule has 0 aliphatic rings. The molecule has 2 heterocycles. The van der Waals surface area contributed by atoms with Crippen LogP contribution in [-0.2, 0) is 11.2 Å². The van der Waals surface area contributed by atoms with E-state index in [1.165, 1.54) is 11.8 Å². The van der Waals surface area contributed by atoms with Gasteiger partial charge < -0.3 is 5.32 Å². The van der Waals surface area contributed by atoms with Gasteiger partial charge >= 0.3 is 0 Å². The summed E-state index contributed by atoms with van der Waals surface area (Å²) < 4.78 is 0. The Bertz CT molecular complexity index is 676. The summed E-state index contributed by atoms with van der Waals surface area (Å²) in [4.78, 5) is 24.9. The van der Waals surface area contributed by atoms with Crippen LogP contribution < -0.4 is 10.6 Å². The van der Waals surface area contributed by atoms with Crippen molar-refractivity contribution < 1.29 is 4.79 Å². The fourth-order valence-electron chi connectivity index (χ4n) is 2.13. The molecule has 0 spiro atoms. The van der Waals surface area contributed by atoms with Gasteiger partial charge in [0.05, 0.1) is 5.02 Å². The molecule has 2 aromatic rings. The van der Waals surface area contributed by atoms with Crippen LogP contribution in [-0.4, -0.2) is 26.9 Å². The largest absolute Gasteiger partial charge is 0.351 e. The van der Waals surface area contributed by atoms with Gasteiger partial charge in [-0.15, -0.1) is 11.3 Å². The zero-order valence-electron chi connectivity index (χ0n) is 13.4. The van der Waals surface area contributed by atoms with E-state index in [4.69, 9.17) is 11.6 Å². The predicted octanol–water partition coefficient (Wildman–Crippen LogP) is 3.68. The van der Waals surface area contributed by atoms with Crippen LogP contribution in [0.25, 0.3) is 0 Å². The minimum atomic E-state index is -0.207. The van der Waals surface area contributed by atoms with Crippen LogP contribution in [0.3, 0.4) is 0 Å². The van der Waals surface area contributed by atoms with E-state index in [2.05, 4.69) is 32.5 Å². The number of nitrogens with one attached hydrogen (secondary N) is 2. The molecule has 2 N–H and O–H groups in total. The van der Waals surface area contributed by atoms with E-state index in [1.54, 1.807) is 18.3 Å². The second-order valence-corrected chi connectivity index (χ2v) is 6.60. The molecule has 0 saturated carbocycles. The highest BCUT2D eigenvalue weighted by Crippen LogP contribution is 2.24. The topological polar surface area (TPSA) is 79.8 Å². The summed E-state index contributed by atoms with van der Waals surface area (Å²) in [6.07, 6.45) is 2.77. The predicted molar refractivity (Wildman–Crippen MR) is 94.2 cm³/mol. The van der Waals surface area contributed by atoms with E-state index >= 15 is 0 Å². The molecule has 0 fully saturated rings. The van der Waals surface area contributed by atoms with Gasteiger partial charge in [-0.1, -0.05) is 18.5 Å². The van der Waals surface area contributed by atoms with Gasteiger partial charge in [-0.25, -0.2) is 0 Å². The molecule has 0 aromatic carbocycles. The Labute approximate surface area is 144 Å². The van der Waals surface area contributed by atoms with Gasteiger partial charge in [0, 0.05) is 17.8 Å². The maximum absolute atomic E-state index is 11.1. The lowest BCUT2D eigenvalue weighted by molar-refractivity contribution is -0.114. The fourth-order valence-corrected chi connectivity index (χ4v) is 3.28. The molecular weight excluding hydrogens is 334 g/mol. The summed E-state index contributed by atoms with van der Waals surface area (Å²) in [5.74, 6) is 1.09. The molecule has 2 aromatic heterocycles. The van der Waals surface area contributed by atoms with E-state index < -0.39 is 0 Å². The maximum Gasteiger partial charge on any atom is 0.234 e. The Kier molecular flexibility index (Phi) is 6.29. The van der Waals surface area contributed by atoms with Crippen molar-refractivity contribution in [2.24, 2.45) is 0 Å². The zero-order valence-corrected chi connectivity index (χ0v) is 15.0. The number of carbonyl (C=O) groups excluding carboxylic acids is 1. The quantitative estimate of drug-likeness (QED) is 0.793. The Morgan fingerprint density at radius 1 is 1.35 bits per heavy atom. The van der Waals surface area contributed by atoms with Crippen molar-refractivity contribution in [2.45, 2.75) is 46.1 Å². The third-order valence-electron chi connectivity index (χ3n) is 3.27. The second-order valence-electron chi connectivity index (χ2n) is 5.19. The van der Waals surface area contributed by atoms with Crippen molar-refractivity contribution in [3.63, 3.8) is 0 Å². The molecule has 124 valence electrons. The molecule has 6 nitrogen and oxygen atoms in total. The van der Waals surface area contributed by atoms with E-state index in [9.17, 15) is 4.79 Å². The van der Waals surface area contributed by atoms with Gasteiger partial charge in [-0.3, -0.25) is 10.1 Å². The molecule has 0 radical (unpaired) electrons. The van der Waals surface area contributed by atoms with Crippen molar-refractivity contribution in [2.75, 3.05) is 10.6 Å². The molecular formula is C15H20ClN5OS. The summed E-state index contributed by atoms with van der Waals surface area (Å²) in [5.41, 5.74) is 0. The average molecular weight is 354 g/mol. The van der Waals surface area contributed by atoms with Crippen LogP contribution >= 0.6 is 22.9 Å². The number of halogens is 1. The normalized spacial score (nSPS) is 12.0. The molecule has 1 amide bonds. The molecule has 1 atom stereocenters.